The Morgan fingerprint density at radius 1 is 1.22 bits per heavy atom. The Morgan fingerprint density at radius 3 is 2.61 bits per heavy atom. The molecule has 1 atom stereocenters. The molecular weight excluding hydrogens is 238 g/mol. The number of aliphatic hydroxyl groups excluding tert-OH is 1. The molecule has 1 heterocycles. The first-order chi connectivity index (χ1) is 8.60. The summed E-state index contributed by atoms with van der Waals surface area (Å²) in [5.41, 5.74) is 0.262. The van der Waals surface area contributed by atoms with Crippen LogP contribution in [-0.2, 0) is 12.8 Å². The average molecular weight is 252 g/mol. The van der Waals surface area contributed by atoms with Crippen LogP contribution in [0.15, 0.2) is 34.7 Å². The van der Waals surface area contributed by atoms with Crippen LogP contribution in [-0.4, -0.2) is 5.11 Å². The third kappa shape index (κ3) is 2.76. The van der Waals surface area contributed by atoms with E-state index >= 15 is 0 Å². The van der Waals surface area contributed by atoms with E-state index in [1.165, 1.54) is 12.1 Å². The zero-order valence-electron chi connectivity index (χ0n) is 9.99. The monoisotopic (exact) mass is 252 g/mol. The summed E-state index contributed by atoms with van der Waals surface area (Å²) in [6.45, 7) is 1.94. The fourth-order valence-electron chi connectivity index (χ4n) is 1.76. The first-order valence-electron chi connectivity index (χ1n) is 5.80. The summed E-state index contributed by atoms with van der Waals surface area (Å²) in [6.07, 6.45) is -0.134. The van der Waals surface area contributed by atoms with Crippen LogP contribution < -0.4 is 0 Å². The number of aryl methyl sites for hydroxylation is 1. The van der Waals surface area contributed by atoms with Gasteiger partial charge in [0.1, 0.15) is 29.3 Å². The van der Waals surface area contributed by atoms with E-state index in [1.54, 1.807) is 12.1 Å². The maximum Gasteiger partial charge on any atom is 0.133 e. The summed E-state index contributed by atoms with van der Waals surface area (Å²) in [4.78, 5) is 0. The van der Waals surface area contributed by atoms with Crippen molar-refractivity contribution in [2.45, 2.75) is 25.9 Å². The minimum absolute atomic E-state index is 0.0583. The molecule has 1 aromatic heterocycles. The largest absolute Gasteiger partial charge is 0.463 e. The second-order valence-electron chi connectivity index (χ2n) is 4.11. The normalized spacial score (nSPS) is 12.7. The number of rotatable bonds is 4. The molecule has 0 aliphatic carbocycles. The van der Waals surface area contributed by atoms with Gasteiger partial charge in [0.15, 0.2) is 0 Å². The van der Waals surface area contributed by atoms with Gasteiger partial charge in [0.05, 0.1) is 0 Å². The molecule has 18 heavy (non-hydrogen) atoms. The first kappa shape index (κ1) is 12.8. The van der Waals surface area contributed by atoms with E-state index in [1.807, 2.05) is 6.92 Å². The second kappa shape index (κ2) is 5.31. The summed E-state index contributed by atoms with van der Waals surface area (Å²) >= 11 is 0. The summed E-state index contributed by atoms with van der Waals surface area (Å²) in [5.74, 6) is -0.118. The highest BCUT2D eigenvalue weighted by atomic mass is 19.1. The van der Waals surface area contributed by atoms with Crippen LogP contribution in [0.2, 0.25) is 0 Å². The van der Waals surface area contributed by atoms with Crippen LogP contribution in [0.25, 0.3) is 0 Å². The zero-order valence-corrected chi connectivity index (χ0v) is 9.99. The van der Waals surface area contributed by atoms with Gasteiger partial charge in [-0.15, -0.1) is 0 Å². The van der Waals surface area contributed by atoms with Crippen molar-refractivity contribution < 1.29 is 18.3 Å². The van der Waals surface area contributed by atoms with Crippen molar-refractivity contribution in [2.75, 3.05) is 0 Å². The number of furan rings is 1. The van der Waals surface area contributed by atoms with E-state index in [2.05, 4.69) is 0 Å². The maximum absolute atomic E-state index is 13.4. The molecule has 1 N–H and O–H groups in total. The summed E-state index contributed by atoms with van der Waals surface area (Å²) in [7, 11) is 0. The van der Waals surface area contributed by atoms with Crippen LogP contribution in [0.1, 0.15) is 30.1 Å². The molecule has 0 saturated heterocycles. The van der Waals surface area contributed by atoms with E-state index in [4.69, 9.17) is 4.42 Å². The number of hydrogen-bond acceptors (Lipinski definition) is 2. The molecule has 2 aromatic rings. The predicted octanol–water partition coefficient (Wildman–Crippen LogP) is 3.40. The Bertz CT molecular complexity index is 534. The number of aliphatic hydroxyl groups is 1. The van der Waals surface area contributed by atoms with Crippen LogP contribution in [0, 0.1) is 11.6 Å². The van der Waals surface area contributed by atoms with E-state index in [0.29, 0.717) is 5.76 Å². The van der Waals surface area contributed by atoms with Crippen LogP contribution in [0.4, 0.5) is 8.78 Å². The lowest BCUT2D eigenvalue weighted by Gasteiger charge is -2.08. The molecule has 1 unspecified atom stereocenters. The Kier molecular flexibility index (Phi) is 3.77. The van der Waals surface area contributed by atoms with Crippen molar-refractivity contribution in [3.8, 4) is 0 Å². The van der Waals surface area contributed by atoms with Gasteiger partial charge in [-0.2, -0.15) is 0 Å². The third-order valence-corrected chi connectivity index (χ3v) is 2.79. The molecule has 0 radical (unpaired) electrons. The second-order valence-corrected chi connectivity index (χ2v) is 4.11. The number of halogens is 2. The van der Waals surface area contributed by atoms with Gasteiger partial charge < -0.3 is 9.52 Å². The van der Waals surface area contributed by atoms with Gasteiger partial charge in [-0.3, -0.25) is 0 Å². The predicted molar refractivity (Wildman–Crippen MR) is 63.1 cm³/mol. The average Bonchev–Trinajstić information content (AvgIpc) is 2.81. The van der Waals surface area contributed by atoms with E-state index in [9.17, 15) is 13.9 Å². The van der Waals surface area contributed by atoms with Crippen molar-refractivity contribution in [1.29, 1.82) is 0 Å². The molecule has 4 heteroatoms. The minimum Gasteiger partial charge on any atom is -0.463 e. The Hall–Kier alpha value is -1.68. The van der Waals surface area contributed by atoms with Gasteiger partial charge in [0.25, 0.3) is 0 Å². The minimum atomic E-state index is -0.926. The van der Waals surface area contributed by atoms with Crippen molar-refractivity contribution in [1.82, 2.24) is 0 Å². The topological polar surface area (TPSA) is 33.4 Å². The Morgan fingerprint density at radius 2 is 2.00 bits per heavy atom. The lowest BCUT2D eigenvalue weighted by atomic mass is 10.1. The zero-order chi connectivity index (χ0) is 13.1. The molecule has 2 nitrogen and oxygen atoms in total. The smallest absolute Gasteiger partial charge is 0.133 e. The highest BCUT2D eigenvalue weighted by Gasteiger charge is 2.15. The SMILES string of the molecule is CCc1ccc(C(O)Cc2ccc(F)cc2F)o1. The highest BCUT2D eigenvalue weighted by molar-refractivity contribution is 5.21. The third-order valence-electron chi connectivity index (χ3n) is 2.79. The summed E-state index contributed by atoms with van der Waals surface area (Å²) in [5, 5.41) is 9.92. The molecule has 96 valence electrons. The van der Waals surface area contributed by atoms with E-state index in [-0.39, 0.29) is 12.0 Å². The molecule has 0 spiro atoms. The van der Waals surface area contributed by atoms with Crippen LogP contribution in [0.5, 0.6) is 0 Å². The molecule has 0 fully saturated rings. The molecule has 0 bridgehead atoms. The molecule has 0 aliphatic rings. The van der Waals surface area contributed by atoms with E-state index < -0.39 is 17.7 Å². The van der Waals surface area contributed by atoms with Gasteiger partial charge in [-0.05, 0) is 23.8 Å². The molecule has 0 saturated carbocycles. The van der Waals surface area contributed by atoms with Crippen LogP contribution in [0.3, 0.4) is 0 Å². The number of benzene rings is 1. The molecule has 1 aromatic carbocycles. The lowest BCUT2D eigenvalue weighted by Crippen LogP contribution is -2.02. The molecule has 0 aliphatic heterocycles. The fourth-order valence-corrected chi connectivity index (χ4v) is 1.76. The van der Waals surface area contributed by atoms with Crippen molar-refractivity contribution in [3.63, 3.8) is 0 Å². The fraction of sp³-hybridized carbons (Fsp3) is 0.286. The van der Waals surface area contributed by atoms with Crippen molar-refractivity contribution >= 4 is 0 Å². The molecular formula is C14H14F2O2. The van der Waals surface area contributed by atoms with Gasteiger partial charge in [-0.25, -0.2) is 8.78 Å². The lowest BCUT2D eigenvalue weighted by molar-refractivity contribution is 0.147. The van der Waals surface area contributed by atoms with Gasteiger partial charge in [0.2, 0.25) is 0 Å². The Labute approximate surface area is 104 Å². The van der Waals surface area contributed by atoms with Gasteiger partial charge >= 0.3 is 0 Å². The first-order valence-corrected chi connectivity index (χ1v) is 5.80. The maximum atomic E-state index is 13.4. The summed E-state index contributed by atoms with van der Waals surface area (Å²) < 4.78 is 31.5. The molecule has 0 amide bonds. The molecule has 2 rings (SSSR count). The number of hydrogen-bond donors (Lipinski definition) is 1. The standard InChI is InChI=1S/C14H14F2O2/c1-2-11-5-6-14(18-11)13(17)7-9-3-4-10(15)8-12(9)16/h3-6,8,13,17H,2,7H2,1H3. The van der Waals surface area contributed by atoms with Gasteiger partial charge in [-0.1, -0.05) is 13.0 Å². The van der Waals surface area contributed by atoms with Crippen LogP contribution >= 0.6 is 0 Å². The summed E-state index contributed by atoms with van der Waals surface area (Å²) in [6, 6.07) is 6.76. The quantitative estimate of drug-likeness (QED) is 0.904. The van der Waals surface area contributed by atoms with Crippen molar-refractivity contribution in [2.24, 2.45) is 0 Å². The van der Waals surface area contributed by atoms with E-state index in [0.717, 1.165) is 18.2 Å². The highest BCUT2D eigenvalue weighted by Crippen LogP contribution is 2.22. The Balaban J connectivity index is 2.13. The van der Waals surface area contributed by atoms with Gasteiger partial charge in [0, 0.05) is 18.9 Å². The van der Waals surface area contributed by atoms with Crippen molar-refractivity contribution in [3.05, 3.63) is 59.1 Å².